The van der Waals surface area contributed by atoms with Gasteiger partial charge in [-0.3, -0.25) is 0 Å². The molecule has 2 rings (SSSR count). The Balaban J connectivity index is 2.19. The minimum absolute atomic E-state index is 0.210. The number of sulfonamides is 1. The molecule has 0 aliphatic heterocycles. The summed E-state index contributed by atoms with van der Waals surface area (Å²) in [6.07, 6.45) is 1.09. The molecule has 0 spiro atoms. The molecule has 1 aliphatic rings. The summed E-state index contributed by atoms with van der Waals surface area (Å²) in [4.78, 5) is 0.226. The average Bonchev–Trinajstić information content (AvgIpc) is 3.10. The molecule has 0 amide bonds. The van der Waals surface area contributed by atoms with Crippen molar-refractivity contribution < 1.29 is 8.42 Å². The maximum atomic E-state index is 12.2. The van der Waals surface area contributed by atoms with Gasteiger partial charge in [-0.25, -0.2) is 13.1 Å². The zero-order chi connectivity index (χ0) is 13.9. The predicted octanol–water partition coefficient (Wildman–Crippen LogP) is 0.931. The van der Waals surface area contributed by atoms with Crippen LogP contribution in [0.1, 0.15) is 18.9 Å². The molecule has 102 valence electrons. The van der Waals surface area contributed by atoms with Gasteiger partial charge in [-0.15, -0.1) is 0 Å². The van der Waals surface area contributed by atoms with E-state index in [-0.39, 0.29) is 11.4 Å². The van der Waals surface area contributed by atoms with Crippen LogP contribution >= 0.6 is 0 Å². The molecule has 0 radical (unpaired) electrons. The first-order valence-electron chi connectivity index (χ1n) is 6.32. The highest BCUT2D eigenvalue weighted by molar-refractivity contribution is 7.89. The van der Waals surface area contributed by atoms with E-state index in [9.17, 15) is 8.42 Å². The van der Waals surface area contributed by atoms with Crippen molar-refractivity contribution in [2.24, 2.45) is 17.6 Å². The van der Waals surface area contributed by atoms with Gasteiger partial charge in [-0.2, -0.15) is 0 Å². The minimum Gasteiger partial charge on any atom is -0.320 e. The highest BCUT2D eigenvalue weighted by atomic mass is 32.2. The molecule has 1 saturated carbocycles. The van der Waals surface area contributed by atoms with Crippen molar-refractivity contribution >= 4 is 10.0 Å². The van der Waals surface area contributed by atoms with E-state index in [0.29, 0.717) is 23.9 Å². The molecular weight excluding hydrogens is 260 g/mol. The lowest BCUT2D eigenvalue weighted by molar-refractivity contribution is 0.574. The second-order valence-corrected chi connectivity index (χ2v) is 6.56. The minimum atomic E-state index is -3.49. The molecule has 4 nitrogen and oxygen atoms in total. The van der Waals surface area contributed by atoms with Crippen molar-refractivity contribution in [3.8, 4) is 11.8 Å². The summed E-state index contributed by atoms with van der Waals surface area (Å²) >= 11 is 0. The Morgan fingerprint density at radius 3 is 2.74 bits per heavy atom. The van der Waals surface area contributed by atoms with E-state index in [4.69, 9.17) is 5.73 Å². The molecule has 1 aliphatic carbocycles. The maximum absolute atomic E-state index is 12.2. The van der Waals surface area contributed by atoms with Crippen LogP contribution in [0.3, 0.4) is 0 Å². The molecule has 2 unspecified atom stereocenters. The zero-order valence-electron chi connectivity index (χ0n) is 10.9. The number of nitrogens with one attached hydrogen (secondary N) is 1. The molecule has 0 heterocycles. The first-order chi connectivity index (χ1) is 9.04. The van der Waals surface area contributed by atoms with Gasteiger partial charge in [0.05, 0.1) is 11.4 Å². The normalized spacial score (nSPS) is 21.6. The van der Waals surface area contributed by atoms with Gasteiger partial charge in [-0.05, 0) is 30.4 Å². The summed E-state index contributed by atoms with van der Waals surface area (Å²) in [5.74, 6) is 6.57. The molecule has 0 bridgehead atoms. The van der Waals surface area contributed by atoms with Gasteiger partial charge < -0.3 is 5.73 Å². The average molecular weight is 278 g/mol. The van der Waals surface area contributed by atoms with Crippen molar-refractivity contribution in [3.63, 3.8) is 0 Å². The van der Waals surface area contributed by atoms with Gasteiger partial charge in [0.15, 0.2) is 0 Å². The topological polar surface area (TPSA) is 72.2 Å². The molecule has 0 aromatic heterocycles. The second-order valence-electron chi connectivity index (χ2n) is 4.83. The Hall–Kier alpha value is -1.35. The van der Waals surface area contributed by atoms with Crippen molar-refractivity contribution in [2.45, 2.75) is 18.2 Å². The maximum Gasteiger partial charge on any atom is 0.241 e. The van der Waals surface area contributed by atoms with Crippen LogP contribution in [0.4, 0.5) is 0 Å². The lowest BCUT2D eigenvalue weighted by atomic mass is 10.2. The lowest BCUT2D eigenvalue weighted by Gasteiger charge is -2.08. The largest absolute Gasteiger partial charge is 0.320 e. The van der Waals surface area contributed by atoms with Crippen molar-refractivity contribution in [2.75, 3.05) is 13.1 Å². The lowest BCUT2D eigenvalue weighted by Crippen LogP contribution is -2.26. The van der Waals surface area contributed by atoms with Gasteiger partial charge in [0.2, 0.25) is 10.0 Å². The van der Waals surface area contributed by atoms with E-state index >= 15 is 0 Å². The standard InChI is InChI=1S/C14H18N2O2S/c1-11-9-13(11)10-16-19(17,18)14-7-3-2-5-12(14)6-4-8-15/h2-3,5,7,11,13,16H,8-10,15H2,1H3. The Labute approximate surface area is 114 Å². The summed E-state index contributed by atoms with van der Waals surface area (Å²) in [6.45, 7) is 2.84. The molecular formula is C14H18N2O2S. The van der Waals surface area contributed by atoms with E-state index in [0.717, 1.165) is 6.42 Å². The summed E-state index contributed by atoms with van der Waals surface area (Å²) in [5.41, 5.74) is 5.81. The van der Waals surface area contributed by atoms with Gasteiger partial charge in [0.25, 0.3) is 0 Å². The van der Waals surface area contributed by atoms with Gasteiger partial charge >= 0.3 is 0 Å². The summed E-state index contributed by atoms with van der Waals surface area (Å²) in [6, 6.07) is 6.72. The van der Waals surface area contributed by atoms with Crippen LogP contribution in [0.5, 0.6) is 0 Å². The van der Waals surface area contributed by atoms with E-state index in [2.05, 4.69) is 23.5 Å². The van der Waals surface area contributed by atoms with Crippen molar-refractivity contribution in [1.82, 2.24) is 4.72 Å². The van der Waals surface area contributed by atoms with Crippen LogP contribution in [0.2, 0.25) is 0 Å². The Kier molecular flexibility index (Phi) is 4.25. The van der Waals surface area contributed by atoms with E-state index in [1.54, 1.807) is 24.3 Å². The van der Waals surface area contributed by atoms with E-state index in [1.807, 2.05) is 0 Å². The molecule has 0 saturated heterocycles. The third-order valence-electron chi connectivity index (χ3n) is 3.31. The van der Waals surface area contributed by atoms with Crippen LogP contribution in [0.25, 0.3) is 0 Å². The van der Waals surface area contributed by atoms with Crippen LogP contribution in [-0.2, 0) is 10.0 Å². The van der Waals surface area contributed by atoms with Gasteiger partial charge in [0, 0.05) is 12.1 Å². The summed E-state index contributed by atoms with van der Waals surface area (Å²) in [5, 5.41) is 0. The molecule has 19 heavy (non-hydrogen) atoms. The highest BCUT2D eigenvalue weighted by Crippen LogP contribution is 2.37. The number of nitrogens with two attached hydrogens (primary N) is 1. The molecule has 3 N–H and O–H groups in total. The number of hydrogen-bond acceptors (Lipinski definition) is 3. The third-order valence-corrected chi connectivity index (χ3v) is 4.80. The molecule has 2 atom stereocenters. The number of rotatable bonds is 4. The van der Waals surface area contributed by atoms with Crippen LogP contribution in [-0.4, -0.2) is 21.5 Å². The molecule has 1 aromatic rings. The van der Waals surface area contributed by atoms with Gasteiger partial charge in [-0.1, -0.05) is 30.9 Å². The number of hydrogen-bond donors (Lipinski definition) is 2. The van der Waals surface area contributed by atoms with Gasteiger partial charge in [0.1, 0.15) is 0 Å². The molecule has 1 fully saturated rings. The highest BCUT2D eigenvalue weighted by Gasteiger charge is 2.33. The Morgan fingerprint density at radius 1 is 1.42 bits per heavy atom. The quantitative estimate of drug-likeness (QED) is 0.805. The molecule has 5 heteroatoms. The van der Waals surface area contributed by atoms with Crippen LogP contribution in [0, 0.1) is 23.7 Å². The van der Waals surface area contributed by atoms with E-state index in [1.165, 1.54) is 0 Å². The van der Waals surface area contributed by atoms with Crippen LogP contribution < -0.4 is 10.5 Å². The van der Waals surface area contributed by atoms with E-state index < -0.39 is 10.0 Å². The summed E-state index contributed by atoms with van der Waals surface area (Å²) < 4.78 is 27.1. The van der Waals surface area contributed by atoms with Crippen LogP contribution in [0.15, 0.2) is 29.2 Å². The molecule has 1 aromatic carbocycles. The second kappa shape index (κ2) is 5.74. The smallest absolute Gasteiger partial charge is 0.241 e. The fraction of sp³-hybridized carbons (Fsp3) is 0.429. The van der Waals surface area contributed by atoms with Crippen molar-refractivity contribution in [3.05, 3.63) is 29.8 Å². The monoisotopic (exact) mass is 278 g/mol. The third kappa shape index (κ3) is 3.57. The number of benzene rings is 1. The zero-order valence-corrected chi connectivity index (χ0v) is 11.7. The fourth-order valence-corrected chi connectivity index (χ4v) is 3.18. The first kappa shape index (κ1) is 14.1. The Bertz CT molecular complexity index is 614. The predicted molar refractivity (Wildman–Crippen MR) is 74.8 cm³/mol. The summed E-state index contributed by atoms with van der Waals surface area (Å²) in [7, 11) is -3.49. The van der Waals surface area contributed by atoms with Crippen molar-refractivity contribution in [1.29, 1.82) is 0 Å². The Morgan fingerprint density at radius 2 is 2.11 bits per heavy atom. The fourth-order valence-electron chi connectivity index (χ4n) is 1.93. The SMILES string of the molecule is CC1CC1CNS(=O)(=O)c1ccccc1C#CCN. The first-order valence-corrected chi connectivity index (χ1v) is 7.80.